The van der Waals surface area contributed by atoms with Crippen LogP contribution in [0.1, 0.15) is 18.9 Å². The fourth-order valence-electron chi connectivity index (χ4n) is 1.83. The van der Waals surface area contributed by atoms with Gasteiger partial charge >= 0.3 is 5.97 Å². The van der Waals surface area contributed by atoms with E-state index < -0.39 is 16.1 Å². The topological polar surface area (TPSA) is 75.7 Å². The van der Waals surface area contributed by atoms with Crippen molar-refractivity contribution in [2.24, 2.45) is 0 Å². The minimum absolute atomic E-state index is 0.0840. The zero-order chi connectivity index (χ0) is 16.8. The molecule has 22 heavy (non-hydrogen) atoms. The summed E-state index contributed by atoms with van der Waals surface area (Å²) in [6.45, 7) is 1.74. The number of nitrogens with one attached hydrogen (secondary N) is 1. The van der Waals surface area contributed by atoms with Gasteiger partial charge in [0.15, 0.2) is 0 Å². The molecular formula is C15H24N2O4S. The molecule has 1 atom stereocenters. The first-order valence-electron chi connectivity index (χ1n) is 7.08. The van der Waals surface area contributed by atoms with E-state index in [1.165, 1.54) is 0 Å². The van der Waals surface area contributed by atoms with Gasteiger partial charge in [0.25, 0.3) is 0 Å². The van der Waals surface area contributed by atoms with Gasteiger partial charge in [-0.3, -0.25) is 4.79 Å². The highest BCUT2D eigenvalue weighted by Gasteiger charge is 2.12. The predicted molar refractivity (Wildman–Crippen MR) is 87.5 cm³/mol. The largest absolute Gasteiger partial charge is 0.461 e. The van der Waals surface area contributed by atoms with Crippen molar-refractivity contribution in [3.05, 3.63) is 29.8 Å². The maximum Gasteiger partial charge on any atom is 0.306 e. The molecule has 1 aromatic carbocycles. The average molecular weight is 328 g/mol. The van der Waals surface area contributed by atoms with Crippen LogP contribution in [-0.4, -0.2) is 47.4 Å². The fraction of sp³-hybridized carbons (Fsp3) is 0.533. The predicted octanol–water partition coefficient (Wildman–Crippen LogP) is 1.17. The molecule has 124 valence electrons. The van der Waals surface area contributed by atoms with Crippen LogP contribution in [-0.2, 0) is 26.0 Å². The second-order valence-electron chi connectivity index (χ2n) is 5.49. The molecule has 0 aliphatic heterocycles. The molecule has 0 heterocycles. The number of sulfonamides is 1. The first-order valence-corrected chi connectivity index (χ1v) is 8.97. The van der Waals surface area contributed by atoms with Crippen LogP contribution in [0.5, 0.6) is 0 Å². The molecule has 0 saturated carbocycles. The van der Waals surface area contributed by atoms with E-state index in [9.17, 15) is 13.2 Å². The Labute approximate surface area is 132 Å². The first-order chi connectivity index (χ1) is 10.2. The van der Waals surface area contributed by atoms with Crippen LogP contribution in [0.4, 0.5) is 5.69 Å². The Bertz CT molecular complexity index is 599. The molecule has 0 aliphatic rings. The van der Waals surface area contributed by atoms with E-state index in [0.29, 0.717) is 6.42 Å². The summed E-state index contributed by atoms with van der Waals surface area (Å²) in [5.41, 5.74) is 2.14. The van der Waals surface area contributed by atoms with Crippen molar-refractivity contribution in [2.75, 3.05) is 31.8 Å². The summed E-state index contributed by atoms with van der Waals surface area (Å²) in [6, 6.07) is 7.95. The molecule has 0 radical (unpaired) electrons. The molecule has 1 aromatic rings. The molecule has 6 nitrogen and oxygen atoms in total. The lowest BCUT2D eigenvalue weighted by Gasteiger charge is -2.15. The number of aryl methyl sites for hydroxylation is 1. The molecule has 0 spiro atoms. The van der Waals surface area contributed by atoms with Crippen molar-refractivity contribution in [1.82, 2.24) is 4.72 Å². The number of ether oxygens (including phenoxy) is 1. The zero-order valence-corrected chi connectivity index (χ0v) is 14.3. The van der Waals surface area contributed by atoms with Crippen molar-refractivity contribution in [2.45, 2.75) is 25.9 Å². The van der Waals surface area contributed by atoms with Gasteiger partial charge in [-0.1, -0.05) is 12.1 Å². The molecule has 0 unspecified atom stereocenters. The fourth-order valence-corrected chi connectivity index (χ4v) is 2.37. The smallest absolute Gasteiger partial charge is 0.306 e. The van der Waals surface area contributed by atoms with Crippen LogP contribution in [0.3, 0.4) is 0 Å². The number of carbonyl (C=O) groups excluding carboxylic acids is 1. The second-order valence-corrected chi connectivity index (χ2v) is 7.32. The summed E-state index contributed by atoms with van der Waals surface area (Å²) in [6.07, 6.45) is 1.43. The van der Waals surface area contributed by atoms with Crippen molar-refractivity contribution < 1.29 is 17.9 Å². The van der Waals surface area contributed by atoms with Gasteiger partial charge < -0.3 is 9.64 Å². The number of rotatable bonds is 8. The molecule has 0 bridgehead atoms. The van der Waals surface area contributed by atoms with Gasteiger partial charge in [-0.05, 0) is 31.0 Å². The molecule has 0 saturated heterocycles. The standard InChI is InChI=1S/C15H24N2O4S/c1-12(11-16-22(4,19)20)21-15(18)9-8-13-6-5-7-14(10-13)17(2)3/h5-7,10,12,16H,8-9,11H2,1-4H3/t12-/m1/s1. The molecule has 0 aliphatic carbocycles. The van der Waals surface area contributed by atoms with Crippen LogP contribution >= 0.6 is 0 Å². The lowest BCUT2D eigenvalue weighted by atomic mass is 10.1. The van der Waals surface area contributed by atoms with Gasteiger partial charge in [-0.25, -0.2) is 13.1 Å². The Morgan fingerprint density at radius 3 is 2.64 bits per heavy atom. The van der Waals surface area contributed by atoms with Crippen LogP contribution < -0.4 is 9.62 Å². The number of carbonyl (C=O) groups is 1. The summed E-state index contributed by atoms with van der Waals surface area (Å²) in [5.74, 6) is -0.335. The highest BCUT2D eigenvalue weighted by Crippen LogP contribution is 2.15. The Kier molecular flexibility index (Phi) is 6.83. The Morgan fingerprint density at radius 2 is 2.05 bits per heavy atom. The first kappa shape index (κ1) is 18.4. The Morgan fingerprint density at radius 1 is 1.36 bits per heavy atom. The van der Waals surface area contributed by atoms with Crippen LogP contribution in [0.25, 0.3) is 0 Å². The van der Waals surface area contributed by atoms with Crippen molar-refractivity contribution in [3.8, 4) is 0 Å². The molecule has 7 heteroatoms. The quantitative estimate of drug-likeness (QED) is 0.725. The number of hydrogen-bond acceptors (Lipinski definition) is 5. The van der Waals surface area contributed by atoms with Gasteiger partial charge in [0.05, 0.1) is 6.26 Å². The van der Waals surface area contributed by atoms with Gasteiger partial charge in [0, 0.05) is 32.7 Å². The van der Waals surface area contributed by atoms with E-state index in [4.69, 9.17) is 4.74 Å². The minimum atomic E-state index is -3.27. The number of anilines is 1. The van der Waals surface area contributed by atoms with Crippen LogP contribution in [0.15, 0.2) is 24.3 Å². The van der Waals surface area contributed by atoms with Gasteiger partial charge in [0.1, 0.15) is 6.10 Å². The monoisotopic (exact) mass is 328 g/mol. The number of nitrogens with zero attached hydrogens (tertiary/aromatic N) is 1. The third-order valence-electron chi connectivity index (χ3n) is 3.01. The van der Waals surface area contributed by atoms with E-state index in [1.54, 1.807) is 6.92 Å². The summed E-state index contributed by atoms with van der Waals surface area (Å²) < 4.78 is 29.4. The number of hydrogen-bond donors (Lipinski definition) is 1. The summed E-state index contributed by atoms with van der Waals surface area (Å²) in [4.78, 5) is 13.8. The lowest BCUT2D eigenvalue weighted by molar-refractivity contribution is -0.147. The molecule has 1 rings (SSSR count). The summed E-state index contributed by atoms with van der Waals surface area (Å²) in [7, 11) is 0.655. The molecule has 0 fully saturated rings. The van der Waals surface area contributed by atoms with Crippen molar-refractivity contribution in [3.63, 3.8) is 0 Å². The van der Waals surface area contributed by atoms with Gasteiger partial charge in [0.2, 0.25) is 10.0 Å². The molecular weight excluding hydrogens is 304 g/mol. The third kappa shape index (κ3) is 7.42. The number of esters is 1. The van der Waals surface area contributed by atoms with Crippen LogP contribution in [0, 0.1) is 0 Å². The van der Waals surface area contributed by atoms with E-state index in [0.717, 1.165) is 17.5 Å². The van der Waals surface area contributed by atoms with Crippen LogP contribution in [0.2, 0.25) is 0 Å². The highest BCUT2D eigenvalue weighted by molar-refractivity contribution is 7.88. The van der Waals surface area contributed by atoms with Gasteiger partial charge in [-0.2, -0.15) is 0 Å². The zero-order valence-electron chi connectivity index (χ0n) is 13.5. The average Bonchev–Trinajstić information content (AvgIpc) is 2.42. The maximum atomic E-state index is 11.8. The maximum absolute atomic E-state index is 11.8. The second kappa shape index (κ2) is 8.14. The van der Waals surface area contributed by atoms with E-state index in [2.05, 4.69) is 4.72 Å². The summed E-state index contributed by atoms with van der Waals surface area (Å²) >= 11 is 0. The number of benzene rings is 1. The van der Waals surface area contributed by atoms with E-state index in [1.807, 2.05) is 43.3 Å². The minimum Gasteiger partial charge on any atom is -0.461 e. The Balaban J connectivity index is 2.41. The normalized spacial score (nSPS) is 12.7. The lowest BCUT2D eigenvalue weighted by Crippen LogP contribution is -2.32. The highest BCUT2D eigenvalue weighted by atomic mass is 32.2. The van der Waals surface area contributed by atoms with Gasteiger partial charge in [-0.15, -0.1) is 0 Å². The van der Waals surface area contributed by atoms with Crippen molar-refractivity contribution in [1.29, 1.82) is 0 Å². The Hall–Kier alpha value is -1.60. The molecule has 1 N–H and O–H groups in total. The molecule has 0 amide bonds. The third-order valence-corrected chi connectivity index (χ3v) is 3.70. The van der Waals surface area contributed by atoms with Crippen molar-refractivity contribution >= 4 is 21.7 Å². The van der Waals surface area contributed by atoms with E-state index >= 15 is 0 Å². The SMILES string of the molecule is C[C@H](CNS(C)(=O)=O)OC(=O)CCc1cccc(N(C)C)c1. The summed E-state index contributed by atoms with van der Waals surface area (Å²) in [5, 5.41) is 0. The molecule has 0 aromatic heterocycles. The van der Waals surface area contributed by atoms with E-state index in [-0.39, 0.29) is 18.9 Å².